The number of alkyl carbamates (subject to hydrolysis) is 1. The molecule has 0 aliphatic heterocycles. The fraction of sp³-hybridized carbons (Fsp3) is 0.750. The first kappa shape index (κ1) is 21.3. The number of esters is 1. The van der Waals surface area contributed by atoms with Crippen molar-refractivity contribution in [2.45, 2.75) is 60.2 Å². The number of nitrogens with one attached hydrogen (secondary N) is 1. The van der Waals surface area contributed by atoms with Crippen LogP contribution in [-0.4, -0.2) is 36.0 Å². The van der Waals surface area contributed by atoms with E-state index in [1.165, 1.54) is 5.57 Å². The van der Waals surface area contributed by atoms with E-state index in [-0.39, 0.29) is 30.7 Å². The minimum Gasteiger partial charge on any atom is -0.481 e. The number of hydrogen-bond acceptors (Lipinski definition) is 5. The zero-order valence-electron chi connectivity index (χ0n) is 16.8. The number of carbonyl (C=O) groups is 3. The maximum atomic E-state index is 12.3. The maximum Gasteiger partial charge on any atom is 0.410 e. The summed E-state index contributed by atoms with van der Waals surface area (Å²) in [5, 5.41) is 12.0. The van der Waals surface area contributed by atoms with Crippen molar-refractivity contribution in [2.24, 2.45) is 29.1 Å². The molecular weight excluding hydrogens is 350 g/mol. The van der Waals surface area contributed by atoms with Gasteiger partial charge in [-0.3, -0.25) is 9.59 Å². The number of fused-ring (bicyclic) bond motifs is 1. The molecule has 4 atom stereocenters. The van der Waals surface area contributed by atoms with Crippen molar-refractivity contribution in [3.63, 3.8) is 0 Å². The molecule has 7 nitrogen and oxygen atoms in total. The average Bonchev–Trinajstić information content (AvgIpc) is 2.86. The number of amides is 1. The lowest BCUT2D eigenvalue weighted by Crippen LogP contribution is -2.53. The van der Waals surface area contributed by atoms with Gasteiger partial charge < -0.3 is 19.9 Å². The van der Waals surface area contributed by atoms with Crippen molar-refractivity contribution in [3.8, 4) is 0 Å². The molecule has 27 heavy (non-hydrogen) atoms. The summed E-state index contributed by atoms with van der Waals surface area (Å²) in [6.07, 6.45) is 2.25. The van der Waals surface area contributed by atoms with Crippen molar-refractivity contribution in [3.05, 3.63) is 11.6 Å². The molecule has 7 heteroatoms. The van der Waals surface area contributed by atoms with Gasteiger partial charge in [0.15, 0.2) is 0 Å². The summed E-state index contributed by atoms with van der Waals surface area (Å²) in [7, 11) is 0. The lowest BCUT2D eigenvalue weighted by molar-refractivity contribution is -0.179. The number of ether oxygens (including phenoxy) is 2. The molecule has 2 rings (SSSR count). The molecule has 2 aliphatic carbocycles. The topological polar surface area (TPSA) is 102 Å². The molecule has 0 aromatic rings. The average molecular weight is 381 g/mol. The van der Waals surface area contributed by atoms with Crippen LogP contribution in [0, 0.1) is 29.1 Å². The third-order valence-electron chi connectivity index (χ3n) is 5.49. The molecule has 1 fully saturated rings. The Kier molecular flexibility index (Phi) is 6.54. The van der Waals surface area contributed by atoms with Crippen molar-refractivity contribution in [1.82, 2.24) is 5.32 Å². The molecule has 0 heterocycles. The highest BCUT2D eigenvalue weighted by atomic mass is 16.7. The van der Waals surface area contributed by atoms with Crippen LogP contribution < -0.4 is 5.32 Å². The second kappa shape index (κ2) is 8.31. The smallest absolute Gasteiger partial charge is 0.410 e. The van der Waals surface area contributed by atoms with E-state index in [9.17, 15) is 19.5 Å². The van der Waals surface area contributed by atoms with Crippen LogP contribution in [-0.2, 0) is 19.1 Å². The monoisotopic (exact) mass is 381 g/mol. The first-order valence-electron chi connectivity index (χ1n) is 9.58. The minimum absolute atomic E-state index is 0.00811. The van der Waals surface area contributed by atoms with Crippen LogP contribution in [0.4, 0.5) is 4.79 Å². The van der Waals surface area contributed by atoms with E-state index >= 15 is 0 Å². The summed E-state index contributed by atoms with van der Waals surface area (Å²) in [5.41, 5.74) is 0.801. The molecule has 0 aromatic heterocycles. The van der Waals surface area contributed by atoms with Crippen LogP contribution >= 0.6 is 0 Å². The molecule has 2 aliphatic rings. The number of allylic oxidation sites excluding steroid dienone is 2. The molecular formula is C20H31NO6. The molecule has 152 valence electrons. The number of carbonyl (C=O) groups excluding carboxylic acids is 2. The Morgan fingerprint density at radius 2 is 1.93 bits per heavy atom. The van der Waals surface area contributed by atoms with E-state index in [1.807, 2.05) is 0 Å². The third-order valence-corrected chi connectivity index (χ3v) is 5.49. The number of aliphatic carboxylic acids is 1. The Hall–Kier alpha value is -2.05. The van der Waals surface area contributed by atoms with Crippen LogP contribution in [0.5, 0.6) is 0 Å². The highest BCUT2D eigenvalue weighted by Gasteiger charge is 2.55. The van der Waals surface area contributed by atoms with Crippen LogP contribution in [0.1, 0.15) is 53.9 Å². The molecule has 0 saturated heterocycles. The summed E-state index contributed by atoms with van der Waals surface area (Å²) < 4.78 is 10.5. The van der Waals surface area contributed by atoms with Crippen molar-refractivity contribution in [1.29, 1.82) is 0 Å². The summed E-state index contributed by atoms with van der Waals surface area (Å²) >= 11 is 0. The van der Waals surface area contributed by atoms with E-state index in [2.05, 4.69) is 18.3 Å². The van der Waals surface area contributed by atoms with E-state index in [4.69, 9.17) is 9.47 Å². The van der Waals surface area contributed by atoms with Gasteiger partial charge in [-0.05, 0) is 31.6 Å². The Morgan fingerprint density at radius 1 is 1.26 bits per heavy atom. The predicted molar refractivity (Wildman–Crippen MR) is 98.7 cm³/mol. The maximum absolute atomic E-state index is 12.3. The van der Waals surface area contributed by atoms with Gasteiger partial charge >= 0.3 is 18.0 Å². The van der Waals surface area contributed by atoms with Crippen LogP contribution in [0.3, 0.4) is 0 Å². The number of carboxylic acids is 1. The van der Waals surface area contributed by atoms with Crippen molar-refractivity contribution in [2.75, 3.05) is 6.54 Å². The molecule has 2 N–H and O–H groups in total. The van der Waals surface area contributed by atoms with Crippen molar-refractivity contribution < 1.29 is 29.0 Å². The van der Waals surface area contributed by atoms with Gasteiger partial charge in [0.2, 0.25) is 0 Å². The summed E-state index contributed by atoms with van der Waals surface area (Å²) in [6, 6.07) is 0. The van der Waals surface area contributed by atoms with Gasteiger partial charge in [0.05, 0.1) is 12.3 Å². The summed E-state index contributed by atoms with van der Waals surface area (Å²) in [5.74, 6) is -1.17. The van der Waals surface area contributed by atoms with Gasteiger partial charge in [-0.25, -0.2) is 4.79 Å². The lowest BCUT2D eigenvalue weighted by Gasteiger charge is -2.51. The lowest BCUT2D eigenvalue weighted by atomic mass is 9.53. The van der Waals surface area contributed by atoms with Crippen LogP contribution in [0.2, 0.25) is 0 Å². The van der Waals surface area contributed by atoms with E-state index in [0.717, 1.165) is 12.8 Å². The first-order chi connectivity index (χ1) is 12.5. The summed E-state index contributed by atoms with van der Waals surface area (Å²) in [6.45, 7) is 9.28. The Labute approximate surface area is 160 Å². The molecule has 0 spiro atoms. The quantitative estimate of drug-likeness (QED) is 0.380. The van der Waals surface area contributed by atoms with Crippen molar-refractivity contribution >= 4 is 18.0 Å². The van der Waals surface area contributed by atoms with Gasteiger partial charge in [-0.2, -0.15) is 0 Å². The zero-order chi connectivity index (χ0) is 20.4. The molecule has 1 amide bonds. The number of carboxylic acid groups (broad SMARTS) is 1. The highest BCUT2D eigenvalue weighted by Crippen LogP contribution is 2.59. The minimum atomic E-state index is -0.974. The second-order valence-electron chi connectivity index (χ2n) is 8.60. The normalized spacial score (nSPS) is 27.4. The highest BCUT2D eigenvalue weighted by molar-refractivity contribution is 5.72. The Bertz CT molecular complexity index is 626. The van der Waals surface area contributed by atoms with Gasteiger partial charge in [0, 0.05) is 17.9 Å². The molecule has 0 unspecified atom stereocenters. The second-order valence-corrected chi connectivity index (χ2v) is 8.60. The van der Waals surface area contributed by atoms with Crippen LogP contribution in [0.15, 0.2) is 11.6 Å². The number of hydrogen-bond donors (Lipinski definition) is 2. The van der Waals surface area contributed by atoms with E-state index in [0.29, 0.717) is 5.92 Å². The largest absolute Gasteiger partial charge is 0.481 e. The Morgan fingerprint density at radius 3 is 2.44 bits per heavy atom. The predicted octanol–water partition coefficient (Wildman–Crippen LogP) is 3.34. The van der Waals surface area contributed by atoms with Gasteiger partial charge in [0.25, 0.3) is 6.29 Å². The molecule has 0 bridgehead atoms. The van der Waals surface area contributed by atoms with E-state index in [1.54, 1.807) is 27.7 Å². The third kappa shape index (κ3) is 5.02. The van der Waals surface area contributed by atoms with Gasteiger partial charge in [0.1, 0.15) is 0 Å². The standard InChI is InChI=1S/C20H31NO6/c1-11(2)17(24)26-18(12(3)4)27-19(25)21-10-20(9-16(22)23)8-14-6-13(5)7-15(14)20/h7,11-12,14-15,18H,6,8-10H2,1-5H3,(H,21,25)(H,22,23)/t14-,15+,18-,20+/m0/s1. The number of rotatable bonds is 8. The Balaban J connectivity index is 1.95. The zero-order valence-corrected chi connectivity index (χ0v) is 16.8. The van der Waals surface area contributed by atoms with Gasteiger partial charge in [-0.15, -0.1) is 0 Å². The fourth-order valence-electron chi connectivity index (χ4n) is 4.11. The van der Waals surface area contributed by atoms with Gasteiger partial charge in [-0.1, -0.05) is 39.3 Å². The first-order valence-corrected chi connectivity index (χ1v) is 9.58. The van der Waals surface area contributed by atoms with Crippen LogP contribution in [0.25, 0.3) is 0 Å². The molecule has 1 saturated carbocycles. The molecule has 0 radical (unpaired) electrons. The van der Waals surface area contributed by atoms with E-state index < -0.39 is 29.7 Å². The fourth-order valence-corrected chi connectivity index (χ4v) is 4.11. The SMILES string of the molecule is CC1=C[C@@H]2[C@@H](C1)C[C@]2(CNC(=O)O[C@H](OC(=O)C(C)C)C(C)C)CC(=O)O. The molecule has 0 aromatic carbocycles. The summed E-state index contributed by atoms with van der Waals surface area (Å²) in [4.78, 5) is 35.4.